The summed E-state index contributed by atoms with van der Waals surface area (Å²) in [5, 5.41) is 6.19. The smallest absolute Gasteiger partial charge is 0.323 e. The maximum Gasteiger partial charge on any atom is 0.323 e. The van der Waals surface area contributed by atoms with Gasteiger partial charge in [0, 0.05) is 13.1 Å². The summed E-state index contributed by atoms with van der Waals surface area (Å²) >= 11 is 0. The van der Waals surface area contributed by atoms with E-state index in [1.807, 2.05) is 13.8 Å². The van der Waals surface area contributed by atoms with Crippen LogP contribution in [0.1, 0.15) is 33.6 Å². The van der Waals surface area contributed by atoms with E-state index in [1.54, 1.807) is 0 Å². The molecule has 0 saturated carbocycles. The lowest BCUT2D eigenvalue weighted by Gasteiger charge is -2.09. The number of nitrogens with one attached hydrogen (secondary N) is 2. The Balaban J connectivity index is 2.76. The molecule has 2 N–H and O–H groups in total. The topological polar surface area (TPSA) is 72.0 Å². The van der Waals surface area contributed by atoms with E-state index < -0.39 is 0 Å². The molecular formula is C11H21N5O. The van der Waals surface area contributed by atoms with Gasteiger partial charge in [0.1, 0.15) is 0 Å². The molecule has 0 saturated heterocycles. The quantitative estimate of drug-likeness (QED) is 0.722. The van der Waals surface area contributed by atoms with Crippen LogP contribution < -0.4 is 15.4 Å². The molecule has 1 rings (SSSR count). The molecule has 0 radical (unpaired) electrons. The van der Waals surface area contributed by atoms with Crippen molar-refractivity contribution in [3.05, 3.63) is 0 Å². The fourth-order valence-corrected chi connectivity index (χ4v) is 1.17. The molecule has 1 aromatic heterocycles. The number of anilines is 2. The van der Waals surface area contributed by atoms with Gasteiger partial charge in [-0.2, -0.15) is 15.0 Å². The minimum absolute atomic E-state index is 0.372. The Bertz CT molecular complexity index is 305. The van der Waals surface area contributed by atoms with Crippen LogP contribution in [0.4, 0.5) is 11.9 Å². The van der Waals surface area contributed by atoms with Gasteiger partial charge in [-0.05, 0) is 19.8 Å². The monoisotopic (exact) mass is 239 g/mol. The van der Waals surface area contributed by atoms with Crippen LogP contribution in [-0.2, 0) is 0 Å². The Kier molecular flexibility index (Phi) is 6.06. The van der Waals surface area contributed by atoms with Gasteiger partial charge in [0.2, 0.25) is 11.9 Å². The molecule has 0 fully saturated rings. The number of nitrogens with zero attached hydrogens (tertiary/aromatic N) is 3. The van der Waals surface area contributed by atoms with E-state index in [1.165, 1.54) is 0 Å². The number of hydrogen-bond donors (Lipinski definition) is 2. The van der Waals surface area contributed by atoms with Gasteiger partial charge in [0.05, 0.1) is 6.61 Å². The first kappa shape index (κ1) is 13.5. The summed E-state index contributed by atoms with van der Waals surface area (Å²) in [6.07, 6.45) is 1.95. The van der Waals surface area contributed by atoms with Gasteiger partial charge >= 0.3 is 6.01 Å². The standard InChI is InChI=1S/C11H21N5O/c1-4-7-13-10-14-9(12-6-3)15-11(16-10)17-8-5-2/h4-8H2,1-3H3,(H2,12,13,14,15,16). The van der Waals surface area contributed by atoms with E-state index in [9.17, 15) is 0 Å². The zero-order chi connectivity index (χ0) is 12.5. The van der Waals surface area contributed by atoms with Crippen LogP contribution in [0.2, 0.25) is 0 Å². The van der Waals surface area contributed by atoms with E-state index >= 15 is 0 Å². The highest BCUT2D eigenvalue weighted by atomic mass is 16.5. The third-order valence-corrected chi connectivity index (χ3v) is 1.92. The van der Waals surface area contributed by atoms with Crippen LogP contribution in [0.5, 0.6) is 6.01 Å². The minimum atomic E-state index is 0.372. The molecule has 0 bridgehead atoms. The zero-order valence-electron chi connectivity index (χ0n) is 10.8. The summed E-state index contributed by atoms with van der Waals surface area (Å²) < 4.78 is 5.42. The van der Waals surface area contributed by atoms with Crippen LogP contribution in [0.25, 0.3) is 0 Å². The Hall–Kier alpha value is -1.59. The van der Waals surface area contributed by atoms with Crippen LogP contribution in [0, 0.1) is 0 Å². The first-order chi connectivity index (χ1) is 8.30. The van der Waals surface area contributed by atoms with Crippen molar-refractivity contribution >= 4 is 11.9 Å². The summed E-state index contributed by atoms with van der Waals surface area (Å²) in [6.45, 7) is 8.35. The van der Waals surface area contributed by atoms with Crippen molar-refractivity contribution in [2.45, 2.75) is 33.6 Å². The van der Waals surface area contributed by atoms with Crippen molar-refractivity contribution in [2.24, 2.45) is 0 Å². The van der Waals surface area contributed by atoms with E-state index in [0.717, 1.165) is 25.9 Å². The zero-order valence-corrected chi connectivity index (χ0v) is 10.8. The molecule has 96 valence electrons. The van der Waals surface area contributed by atoms with Gasteiger partial charge in [-0.25, -0.2) is 0 Å². The Morgan fingerprint density at radius 3 is 2.24 bits per heavy atom. The van der Waals surface area contributed by atoms with Crippen molar-refractivity contribution in [3.63, 3.8) is 0 Å². The molecule has 6 heteroatoms. The highest BCUT2D eigenvalue weighted by Gasteiger charge is 2.06. The summed E-state index contributed by atoms with van der Waals surface area (Å²) in [5.74, 6) is 1.11. The Morgan fingerprint density at radius 1 is 0.941 bits per heavy atom. The average Bonchev–Trinajstić information content (AvgIpc) is 2.34. The van der Waals surface area contributed by atoms with Crippen molar-refractivity contribution in [1.29, 1.82) is 0 Å². The van der Waals surface area contributed by atoms with Crippen molar-refractivity contribution < 1.29 is 4.74 Å². The third kappa shape index (κ3) is 4.84. The van der Waals surface area contributed by atoms with Crippen LogP contribution in [0.3, 0.4) is 0 Å². The second kappa shape index (κ2) is 7.65. The number of rotatable bonds is 8. The maximum atomic E-state index is 5.42. The van der Waals surface area contributed by atoms with Crippen molar-refractivity contribution in [2.75, 3.05) is 30.3 Å². The van der Waals surface area contributed by atoms with Crippen LogP contribution in [-0.4, -0.2) is 34.6 Å². The largest absolute Gasteiger partial charge is 0.463 e. The fraction of sp³-hybridized carbons (Fsp3) is 0.727. The molecule has 0 aliphatic rings. The lowest BCUT2D eigenvalue weighted by Crippen LogP contribution is -2.11. The van der Waals surface area contributed by atoms with Gasteiger partial charge in [0.25, 0.3) is 0 Å². The molecule has 0 aliphatic heterocycles. The molecule has 0 unspecified atom stereocenters. The number of aromatic nitrogens is 3. The highest BCUT2D eigenvalue weighted by Crippen LogP contribution is 2.11. The predicted molar refractivity (Wildman–Crippen MR) is 68.6 cm³/mol. The lowest BCUT2D eigenvalue weighted by atomic mass is 10.5. The molecule has 0 spiro atoms. The van der Waals surface area contributed by atoms with E-state index in [4.69, 9.17) is 4.74 Å². The molecule has 6 nitrogen and oxygen atoms in total. The van der Waals surface area contributed by atoms with Gasteiger partial charge < -0.3 is 15.4 Å². The Morgan fingerprint density at radius 2 is 1.65 bits per heavy atom. The van der Waals surface area contributed by atoms with Gasteiger partial charge in [-0.1, -0.05) is 13.8 Å². The molecule has 0 aliphatic carbocycles. The van der Waals surface area contributed by atoms with Crippen LogP contribution >= 0.6 is 0 Å². The van der Waals surface area contributed by atoms with Gasteiger partial charge in [-0.3, -0.25) is 0 Å². The van der Waals surface area contributed by atoms with Gasteiger partial charge in [-0.15, -0.1) is 0 Å². The summed E-state index contributed by atoms with van der Waals surface area (Å²) in [5.41, 5.74) is 0. The summed E-state index contributed by atoms with van der Waals surface area (Å²) in [6, 6.07) is 0.372. The van der Waals surface area contributed by atoms with Crippen LogP contribution in [0.15, 0.2) is 0 Å². The van der Waals surface area contributed by atoms with Crippen molar-refractivity contribution in [1.82, 2.24) is 15.0 Å². The normalized spacial score (nSPS) is 10.1. The summed E-state index contributed by atoms with van der Waals surface area (Å²) in [4.78, 5) is 12.6. The third-order valence-electron chi connectivity index (χ3n) is 1.92. The number of ether oxygens (including phenoxy) is 1. The molecule has 0 amide bonds. The predicted octanol–water partition coefficient (Wildman–Crippen LogP) is 1.91. The van der Waals surface area contributed by atoms with E-state index in [2.05, 4.69) is 32.5 Å². The minimum Gasteiger partial charge on any atom is -0.463 e. The van der Waals surface area contributed by atoms with Crippen molar-refractivity contribution in [3.8, 4) is 6.01 Å². The Labute approximate surface area is 102 Å². The molecule has 0 atom stereocenters. The highest BCUT2D eigenvalue weighted by molar-refractivity contribution is 5.35. The SMILES string of the molecule is CCCNc1nc(NCC)nc(OCCC)n1. The second-order valence-electron chi connectivity index (χ2n) is 3.57. The second-order valence-corrected chi connectivity index (χ2v) is 3.57. The van der Waals surface area contributed by atoms with E-state index in [0.29, 0.717) is 24.5 Å². The first-order valence-corrected chi connectivity index (χ1v) is 6.16. The molecule has 1 aromatic rings. The van der Waals surface area contributed by atoms with E-state index in [-0.39, 0.29) is 0 Å². The number of hydrogen-bond acceptors (Lipinski definition) is 6. The summed E-state index contributed by atoms with van der Waals surface area (Å²) in [7, 11) is 0. The molecule has 0 aromatic carbocycles. The lowest BCUT2D eigenvalue weighted by molar-refractivity contribution is 0.292. The molecule has 1 heterocycles. The molecular weight excluding hydrogens is 218 g/mol. The fourth-order valence-electron chi connectivity index (χ4n) is 1.17. The molecule has 17 heavy (non-hydrogen) atoms. The maximum absolute atomic E-state index is 5.42. The van der Waals surface area contributed by atoms with Gasteiger partial charge in [0.15, 0.2) is 0 Å². The average molecular weight is 239 g/mol. The first-order valence-electron chi connectivity index (χ1n) is 6.16.